The number of rotatable bonds is 1. The highest BCUT2D eigenvalue weighted by molar-refractivity contribution is 5.81. The van der Waals surface area contributed by atoms with Gasteiger partial charge in [0.05, 0.1) is 6.54 Å². The summed E-state index contributed by atoms with van der Waals surface area (Å²) in [6.07, 6.45) is 5.15. The van der Waals surface area contributed by atoms with Crippen LogP contribution in [0.25, 0.3) is 5.57 Å². The van der Waals surface area contributed by atoms with Gasteiger partial charge in [-0.05, 0) is 11.1 Å². The van der Waals surface area contributed by atoms with E-state index in [2.05, 4.69) is 35.3 Å². The Morgan fingerprint density at radius 1 is 1.08 bits per heavy atom. The second-order valence-electron chi connectivity index (χ2n) is 2.85. The van der Waals surface area contributed by atoms with Gasteiger partial charge in [-0.25, -0.2) is 0 Å². The van der Waals surface area contributed by atoms with E-state index in [-0.39, 0.29) is 0 Å². The van der Waals surface area contributed by atoms with Crippen molar-refractivity contribution < 1.29 is 0 Å². The predicted molar refractivity (Wildman–Crippen MR) is 52.4 cm³/mol. The summed E-state index contributed by atoms with van der Waals surface area (Å²) in [5.41, 5.74) is 2.72. The van der Waals surface area contributed by atoms with Crippen molar-refractivity contribution in [3.05, 3.63) is 42.0 Å². The average molecular weight is 157 g/mol. The largest absolute Gasteiger partial charge is 0.293 e. The zero-order chi connectivity index (χ0) is 8.23. The topological polar surface area (TPSA) is 12.4 Å². The quantitative estimate of drug-likeness (QED) is 0.594. The molecule has 0 saturated heterocycles. The monoisotopic (exact) mass is 157 g/mol. The van der Waals surface area contributed by atoms with Crippen molar-refractivity contribution in [3.8, 4) is 0 Å². The standard InChI is InChI=1S/C11H11N/c1-2-4-10(5-3-1)11-6-8-12-9-7-11/h1-6,9H,7-8H2. The van der Waals surface area contributed by atoms with Gasteiger partial charge in [-0.2, -0.15) is 0 Å². The molecule has 0 atom stereocenters. The molecule has 0 spiro atoms. The van der Waals surface area contributed by atoms with Crippen molar-refractivity contribution in [3.63, 3.8) is 0 Å². The molecule has 0 N–H and O–H groups in total. The maximum Gasteiger partial charge on any atom is 0.0572 e. The van der Waals surface area contributed by atoms with Crippen LogP contribution in [-0.4, -0.2) is 12.8 Å². The molecule has 1 heteroatoms. The fourth-order valence-corrected chi connectivity index (χ4v) is 1.37. The third kappa shape index (κ3) is 1.45. The first-order chi connectivity index (χ1) is 5.97. The Kier molecular flexibility index (Phi) is 2.04. The first-order valence-electron chi connectivity index (χ1n) is 4.19. The fraction of sp³-hybridized carbons (Fsp3) is 0.182. The van der Waals surface area contributed by atoms with Gasteiger partial charge in [0.2, 0.25) is 0 Å². The van der Waals surface area contributed by atoms with Crippen LogP contribution in [0.4, 0.5) is 0 Å². The van der Waals surface area contributed by atoms with Crippen LogP contribution >= 0.6 is 0 Å². The number of nitrogens with zero attached hydrogens (tertiary/aromatic N) is 1. The molecule has 1 aliphatic rings. The van der Waals surface area contributed by atoms with Crippen molar-refractivity contribution >= 4 is 11.8 Å². The Bertz CT molecular complexity index is 309. The van der Waals surface area contributed by atoms with Gasteiger partial charge in [0, 0.05) is 12.6 Å². The Morgan fingerprint density at radius 3 is 2.58 bits per heavy atom. The highest BCUT2D eigenvalue weighted by Crippen LogP contribution is 2.18. The predicted octanol–water partition coefficient (Wildman–Crippen LogP) is 2.54. The summed E-state index contributed by atoms with van der Waals surface area (Å²) in [5.74, 6) is 0. The number of hydrogen-bond donors (Lipinski definition) is 0. The molecule has 60 valence electrons. The number of allylic oxidation sites excluding steroid dienone is 1. The van der Waals surface area contributed by atoms with E-state index in [1.54, 1.807) is 0 Å². The van der Waals surface area contributed by atoms with Crippen molar-refractivity contribution in [1.29, 1.82) is 0 Å². The minimum absolute atomic E-state index is 0.838. The summed E-state index contributed by atoms with van der Waals surface area (Å²) in [7, 11) is 0. The molecule has 1 aromatic carbocycles. The first kappa shape index (κ1) is 7.29. The molecule has 0 radical (unpaired) electrons. The van der Waals surface area contributed by atoms with Gasteiger partial charge in [-0.1, -0.05) is 36.4 Å². The third-order valence-corrected chi connectivity index (χ3v) is 2.03. The average Bonchev–Trinajstić information content (AvgIpc) is 2.21. The van der Waals surface area contributed by atoms with Crippen LogP contribution < -0.4 is 0 Å². The molecule has 1 aliphatic heterocycles. The molecular weight excluding hydrogens is 146 g/mol. The fourth-order valence-electron chi connectivity index (χ4n) is 1.37. The van der Waals surface area contributed by atoms with Gasteiger partial charge in [-0.15, -0.1) is 0 Å². The Balaban J connectivity index is 2.26. The van der Waals surface area contributed by atoms with Gasteiger partial charge >= 0.3 is 0 Å². The molecule has 0 amide bonds. The lowest BCUT2D eigenvalue weighted by Gasteiger charge is -2.07. The van der Waals surface area contributed by atoms with Crippen LogP contribution in [0.3, 0.4) is 0 Å². The molecule has 0 aromatic heterocycles. The van der Waals surface area contributed by atoms with E-state index in [0.29, 0.717) is 0 Å². The van der Waals surface area contributed by atoms with Crippen LogP contribution in [0.2, 0.25) is 0 Å². The zero-order valence-electron chi connectivity index (χ0n) is 6.90. The molecule has 1 aromatic rings. The minimum Gasteiger partial charge on any atom is -0.293 e. The molecule has 2 rings (SSSR count). The van der Waals surface area contributed by atoms with Crippen molar-refractivity contribution in [2.45, 2.75) is 6.42 Å². The summed E-state index contributed by atoms with van der Waals surface area (Å²) >= 11 is 0. The summed E-state index contributed by atoms with van der Waals surface area (Å²) < 4.78 is 0. The van der Waals surface area contributed by atoms with Crippen LogP contribution in [0.15, 0.2) is 41.4 Å². The van der Waals surface area contributed by atoms with E-state index >= 15 is 0 Å². The molecule has 12 heavy (non-hydrogen) atoms. The van der Waals surface area contributed by atoms with E-state index in [9.17, 15) is 0 Å². The Hall–Kier alpha value is -1.37. The highest BCUT2D eigenvalue weighted by Gasteiger charge is 2.00. The first-order valence-corrected chi connectivity index (χ1v) is 4.19. The maximum absolute atomic E-state index is 4.15. The van der Waals surface area contributed by atoms with Gasteiger partial charge in [0.25, 0.3) is 0 Å². The molecular formula is C11H11N. The number of aliphatic imine (C=N–C) groups is 1. The molecule has 0 unspecified atom stereocenters. The van der Waals surface area contributed by atoms with Gasteiger partial charge in [0.1, 0.15) is 0 Å². The molecule has 0 aliphatic carbocycles. The minimum atomic E-state index is 0.838. The van der Waals surface area contributed by atoms with Crippen LogP contribution in [0, 0.1) is 0 Å². The number of hydrogen-bond acceptors (Lipinski definition) is 1. The van der Waals surface area contributed by atoms with Crippen LogP contribution in [-0.2, 0) is 0 Å². The molecule has 0 saturated carbocycles. The smallest absolute Gasteiger partial charge is 0.0572 e. The Labute approximate surface area is 72.5 Å². The number of dihydropyridines is 1. The molecule has 1 nitrogen and oxygen atoms in total. The Morgan fingerprint density at radius 2 is 1.92 bits per heavy atom. The van der Waals surface area contributed by atoms with Crippen LogP contribution in [0.5, 0.6) is 0 Å². The normalized spacial score (nSPS) is 15.8. The highest BCUT2D eigenvalue weighted by atomic mass is 14.7. The number of benzene rings is 1. The van der Waals surface area contributed by atoms with E-state index in [0.717, 1.165) is 13.0 Å². The van der Waals surface area contributed by atoms with E-state index in [1.165, 1.54) is 11.1 Å². The van der Waals surface area contributed by atoms with Gasteiger partial charge < -0.3 is 0 Å². The lowest BCUT2D eigenvalue weighted by molar-refractivity contribution is 1.20. The van der Waals surface area contributed by atoms with Gasteiger partial charge in [-0.3, -0.25) is 4.99 Å². The summed E-state index contributed by atoms with van der Waals surface area (Å²) in [5, 5.41) is 0. The van der Waals surface area contributed by atoms with Gasteiger partial charge in [0.15, 0.2) is 0 Å². The second-order valence-corrected chi connectivity index (χ2v) is 2.85. The van der Waals surface area contributed by atoms with E-state index < -0.39 is 0 Å². The van der Waals surface area contributed by atoms with Crippen LogP contribution in [0.1, 0.15) is 12.0 Å². The second kappa shape index (κ2) is 3.35. The maximum atomic E-state index is 4.15. The third-order valence-electron chi connectivity index (χ3n) is 2.03. The zero-order valence-corrected chi connectivity index (χ0v) is 6.90. The van der Waals surface area contributed by atoms with Crippen molar-refractivity contribution in [1.82, 2.24) is 0 Å². The lowest BCUT2D eigenvalue weighted by atomic mass is 10.0. The summed E-state index contributed by atoms with van der Waals surface area (Å²) in [4.78, 5) is 4.15. The van der Waals surface area contributed by atoms with Crippen molar-refractivity contribution in [2.24, 2.45) is 4.99 Å². The lowest BCUT2D eigenvalue weighted by Crippen LogP contribution is -1.92. The molecule has 0 fully saturated rings. The van der Waals surface area contributed by atoms with Crippen molar-refractivity contribution in [2.75, 3.05) is 6.54 Å². The van der Waals surface area contributed by atoms with E-state index in [4.69, 9.17) is 0 Å². The molecule has 1 heterocycles. The summed E-state index contributed by atoms with van der Waals surface area (Å²) in [6.45, 7) is 0.838. The molecule has 0 bridgehead atoms. The summed E-state index contributed by atoms with van der Waals surface area (Å²) in [6, 6.07) is 10.5. The van der Waals surface area contributed by atoms with E-state index in [1.807, 2.05) is 12.3 Å². The SMILES string of the molecule is C1=NCC=C(c2ccccc2)C1.